The van der Waals surface area contributed by atoms with Crippen LogP contribution in [0.1, 0.15) is 123 Å². The lowest BCUT2D eigenvalue weighted by Gasteiger charge is -2.27. The highest BCUT2D eigenvalue weighted by molar-refractivity contribution is 6.66. The number of hydrogen-bond acceptors (Lipinski definition) is 4. The van der Waals surface area contributed by atoms with Crippen LogP contribution in [0.15, 0.2) is 12.7 Å². The maximum Gasteiger partial charge on any atom is 0.334 e. The highest BCUT2D eigenvalue weighted by Crippen LogP contribution is 2.21. The lowest BCUT2D eigenvalue weighted by molar-refractivity contribution is -0.137. The number of ether oxygens (including phenoxy) is 1. The van der Waals surface area contributed by atoms with E-state index >= 15 is 0 Å². The molecule has 0 spiro atoms. The third-order valence-electron chi connectivity index (χ3n) is 6.00. The highest BCUT2D eigenvalue weighted by Gasteiger charge is 2.30. The molecule has 0 rings (SSSR count). The van der Waals surface area contributed by atoms with Crippen molar-refractivity contribution in [3.63, 3.8) is 0 Å². The summed E-state index contributed by atoms with van der Waals surface area (Å²) in [6.45, 7) is 12.5. The van der Waals surface area contributed by atoms with E-state index in [1.54, 1.807) is 0 Å². The Morgan fingerprint density at radius 1 is 0.656 bits per heavy atom. The van der Waals surface area contributed by atoms with Crippen molar-refractivity contribution in [1.29, 1.82) is 0 Å². The molecular formula is C27H54O4Si. The Bertz CT molecular complexity index is 414. The molecule has 32 heavy (non-hydrogen) atoms. The molecule has 190 valence electrons. The predicted molar refractivity (Wildman–Crippen MR) is 139 cm³/mol. The fraction of sp³-hybridized carbons (Fsp3) is 0.889. The van der Waals surface area contributed by atoms with Gasteiger partial charge in [0.1, 0.15) is 0 Å². The molecular weight excluding hydrogens is 416 g/mol. The quantitative estimate of drug-likeness (QED) is 0.0580. The van der Waals surface area contributed by atoms with Crippen LogP contribution in [0.3, 0.4) is 0 Å². The number of hydrogen-bond donors (Lipinski definition) is 0. The van der Waals surface area contributed by atoms with E-state index in [2.05, 4.69) is 27.0 Å². The van der Waals surface area contributed by atoms with Crippen molar-refractivity contribution in [2.75, 3.05) is 19.8 Å². The topological polar surface area (TPSA) is 44.8 Å². The molecule has 0 aromatic carbocycles. The molecule has 0 fully saturated rings. The summed E-state index contributed by atoms with van der Waals surface area (Å²) in [5.74, 6) is -0.312. The standard InChI is InChI=1S/C27H54O4Si/c1-5-8-10-20-24-30-32(4,31-25-21-11-9-6-2)26-22-18-16-14-12-13-15-17-19-23-29-27(28)7-3/h7H,3,5-6,8-26H2,1-2,4H3. The van der Waals surface area contributed by atoms with Crippen LogP contribution in [0.2, 0.25) is 12.6 Å². The highest BCUT2D eigenvalue weighted by atomic mass is 28.4. The Hall–Kier alpha value is -0.653. The Kier molecular flexibility index (Phi) is 23.0. The molecule has 0 aliphatic heterocycles. The minimum atomic E-state index is -2.02. The number of esters is 1. The van der Waals surface area contributed by atoms with Crippen LogP contribution in [-0.4, -0.2) is 34.4 Å². The van der Waals surface area contributed by atoms with E-state index in [1.165, 1.54) is 102 Å². The number of carbonyl (C=O) groups excluding carboxylic acids is 1. The summed E-state index contributed by atoms with van der Waals surface area (Å²) in [7, 11) is -2.02. The molecule has 0 unspecified atom stereocenters. The molecule has 0 amide bonds. The molecule has 0 aromatic heterocycles. The Morgan fingerprint density at radius 2 is 1.06 bits per heavy atom. The lowest BCUT2D eigenvalue weighted by atomic mass is 10.1. The maximum absolute atomic E-state index is 11.0. The van der Waals surface area contributed by atoms with Crippen LogP contribution >= 0.6 is 0 Å². The summed E-state index contributed by atoms with van der Waals surface area (Å²) in [6, 6.07) is 1.14. The van der Waals surface area contributed by atoms with E-state index < -0.39 is 8.56 Å². The first-order valence-corrected chi connectivity index (χ1v) is 16.2. The van der Waals surface area contributed by atoms with Crippen LogP contribution in [0.25, 0.3) is 0 Å². The van der Waals surface area contributed by atoms with Crippen molar-refractivity contribution in [2.45, 2.75) is 136 Å². The zero-order chi connectivity index (χ0) is 23.8. The smallest absolute Gasteiger partial charge is 0.334 e. The van der Waals surface area contributed by atoms with Gasteiger partial charge in [0.05, 0.1) is 6.61 Å². The molecule has 0 saturated carbocycles. The minimum absolute atomic E-state index is 0.312. The maximum atomic E-state index is 11.0. The van der Waals surface area contributed by atoms with Gasteiger partial charge in [-0.25, -0.2) is 4.79 Å². The van der Waals surface area contributed by atoms with E-state index in [9.17, 15) is 4.79 Å². The van der Waals surface area contributed by atoms with Crippen LogP contribution in [0.4, 0.5) is 0 Å². The average Bonchev–Trinajstić information content (AvgIpc) is 2.79. The molecule has 0 radical (unpaired) electrons. The van der Waals surface area contributed by atoms with Gasteiger partial charge in [0.2, 0.25) is 0 Å². The molecule has 0 atom stereocenters. The fourth-order valence-electron chi connectivity index (χ4n) is 3.84. The summed E-state index contributed by atoms with van der Waals surface area (Å²) in [4.78, 5) is 11.0. The summed E-state index contributed by atoms with van der Waals surface area (Å²) < 4.78 is 17.8. The second kappa shape index (κ2) is 23.5. The minimum Gasteiger partial charge on any atom is -0.463 e. The van der Waals surface area contributed by atoms with E-state index in [0.717, 1.165) is 32.1 Å². The molecule has 0 saturated heterocycles. The Morgan fingerprint density at radius 3 is 1.53 bits per heavy atom. The van der Waals surface area contributed by atoms with Crippen LogP contribution in [0.5, 0.6) is 0 Å². The second-order valence-corrected chi connectivity index (χ2v) is 12.6. The molecule has 0 aliphatic rings. The molecule has 4 nitrogen and oxygen atoms in total. The Balaban J connectivity index is 3.83. The molecule has 0 aromatic rings. The van der Waals surface area contributed by atoms with Gasteiger partial charge in [-0.2, -0.15) is 0 Å². The summed E-state index contributed by atoms with van der Waals surface area (Å²) in [6.07, 6.45) is 22.4. The van der Waals surface area contributed by atoms with Gasteiger partial charge in [-0.1, -0.05) is 110 Å². The van der Waals surface area contributed by atoms with E-state index in [1.807, 2.05) is 0 Å². The molecule has 0 N–H and O–H groups in total. The van der Waals surface area contributed by atoms with Crippen molar-refractivity contribution in [3.8, 4) is 0 Å². The first kappa shape index (κ1) is 31.3. The van der Waals surface area contributed by atoms with Crippen molar-refractivity contribution in [2.24, 2.45) is 0 Å². The third-order valence-corrected chi connectivity index (χ3v) is 8.89. The van der Waals surface area contributed by atoms with Gasteiger partial charge in [0.15, 0.2) is 0 Å². The van der Waals surface area contributed by atoms with Gasteiger partial charge in [-0.3, -0.25) is 0 Å². The van der Waals surface area contributed by atoms with E-state index in [4.69, 9.17) is 13.6 Å². The van der Waals surface area contributed by atoms with Crippen molar-refractivity contribution < 1.29 is 18.4 Å². The average molecular weight is 471 g/mol. The van der Waals surface area contributed by atoms with Crippen molar-refractivity contribution in [3.05, 3.63) is 12.7 Å². The monoisotopic (exact) mass is 470 g/mol. The molecule has 0 bridgehead atoms. The van der Waals surface area contributed by atoms with Crippen molar-refractivity contribution >= 4 is 14.5 Å². The molecule has 5 heteroatoms. The number of rotatable bonds is 25. The van der Waals surface area contributed by atoms with Gasteiger partial charge in [-0.15, -0.1) is 0 Å². The summed E-state index contributed by atoms with van der Waals surface area (Å²) >= 11 is 0. The van der Waals surface area contributed by atoms with Crippen LogP contribution in [-0.2, 0) is 18.4 Å². The van der Waals surface area contributed by atoms with Crippen LogP contribution < -0.4 is 0 Å². The first-order chi connectivity index (χ1) is 15.6. The van der Waals surface area contributed by atoms with Gasteiger partial charge in [0.25, 0.3) is 0 Å². The molecule has 0 aliphatic carbocycles. The second-order valence-electron chi connectivity index (χ2n) is 9.26. The zero-order valence-corrected chi connectivity index (χ0v) is 22.8. The fourth-order valence-corrected chi connectivity index (χ4v) is 6.25. The normalized spacial score (nSPS) is 11.6. The van der Waals surface area contributed by atoms with E-state index in [0.29, 0.717) is 6.61 Å². The number of carbonyl (C=O) groups is 1. The third kappa shape index (κ3) is 21.2. The number of unbranched alkanes of at least 4 members (excludes halogenated alkanes) is 14. The molecule has 0 heterocycles. The summed E-state index contributed by atoms with van der Waals surface area (Å²) in [5.41, 5.74) is 0. The summed E-state index contributed by atoms with van der Waals surface area (Å²) in [5, 5.41) is 0. The van der Waals surface area contributed by atoms with E-state index in [-0.39, 0.29) is 5.97 Å². The van der Waals surface area contributed by atoms with Gasteiger partial charge in [-0.05, 0) is 31.9 Å². The SMILES string of the molecule is C=CC(=O)OCCCCCCCCCCC[Si](C)(OCCCCCC)OCCCCCC. The lowest BCUT2D eigenvalue weighted by Crippen LogP contribution is -2.39. The van der Waals surface area contributed by atoms with Crippen LogP contribution in [0, 0.1) is 0 Å². The zero-order valence-electron chi connectivity index (χ0n) is 21.8. The largest absolute Gasteiger partial charge is 0.463 e. The van der Waals surface area contributed by atoms with Crippen molar-refractivity contribution in [1.82, 2.24) is 0 Å². The van der Waals surface area contributed by atoms with Gasteiger partial charge >= 0.3 is 14.5 Å². The predicted octanol–water partition coefficient (Wildman–Crippen LogP) is 8.49. The van der Waals surface area contributed by atoms with Gasteiger partial charge < -0.3 is 13.6 Å². The van der Waals surface area contributed by atoms with Gasteiger partial charge in [0, 0.05) is 19.3 Å². The Labute approximate surface area is 201 Å². The first-order valence-electron chi connectivity index (χ1n) is 13.6.